The maximum atomic E-state index is 13.9. The molecule has 106 valence electrons. The highest BCUT2D eigenvalue weighted by Crippen LogP contribution is 2.25. The van der Waals surface area contributed by atoms with Crippen LogP contribution >= 0.6 is 0 Å². The first-order valence-electron chi connectivity index (χ1n) is 6.72. The van der Waals surface area contributed by atoms with Crippen molar-refractivity contribution in [2.45, 2.75) is 13.2 Å². The van der Waals surface area contributed by atoms with Crippen molar-refractivity contribution in [3.8, 4) is 5.75 Å². The standard InChI is InChI=1S/C17H15FN2O/c18-15-9-12(10-19)6-7-13(15)11-21-17-5-1-4-16-14(17)3-2-8-20-16/h1-9H,10-11,19H2. The Bertz CT molecular complexity index is 768. The molecule has 0 aliphatic rings. The lowest BCUT2D eigenvalue weighted by Crippen LogP contribution is -2.02. The Morgan fingerprint density at radius 2 is 2.00 bits per heavy atom. The van der Waals surface area contributed by atoms with Gasteiger partial charge in [-0.1, -0.05) is 18.2 Å². The van der Waals surface area contributed by atoms with Gasteiger partial charge in [0.25, 0.3) is 0 Å². The van der Waals surface area contributed by atoms with Crippen LogP contribution in [-0.2, 0) is 13.2 Å². The van der Waals surface area contributed by atoms with E-state index >= 15 is 0 Å². The monoisotopic (exact) mass is 282 g/mol. The Hall–Kier alpha value is -2.46. The molecule has 0 bridgehead atoms. The molecule has 0 saturated carbocycles. The first kappa shape index (κ1) is 13.5. The zero-order chi connectivity index (χ0) is 14.7. The first-order valence-corrected chi connectivity index (χ1v) is 6.72. The molecule has 0 saturated heterocycles. The Morgan fingerprint density at radius 1 is 1.10 bits per heavy atom. The van der Waals surface area contributed by atoms with Crippen LogP contribution in [0.1, 0.15) is 11.1 Å². The summed E-state index contributed by atoms with van der Waals surface area (Å²) in [5, 5.41) is 0.916. The van der Waals surface area contributed by atoms with Crippen LogP contribution in [0.25, 0.3) is 10.9 Å². The lowest BCUT2D eigenvalue weighted by atomic mass is 10.1. The van der Waals surface area contributed by atoms with E-state index in [1.807, 2.05) is 36.4 Å². The molecular formula is C17H15FN2O. The number of hydrogen-bond acceptors (Lipinski definition) is 3. The molecule has 0 atom stereocenters. The van der Waals surface area contributed by atoms with Crippen LogP contribution in [0, 0.1) is 5.82 Å². The second-order valence-corrected chi connectivity index (χ2v) is 4.74. The Kier molecular flexibility index (Phi) is 3.79. The van der Waals surface area contributed by atoms with Gasteiger partial charge in [0.05, 0.1) is 5.52 Å². The average molecular weight is 282 g/mol. The quantitative estimate of drug-likeness (QED) is 0.797. The van der Waals surface area contributed by atoms with Crippen LogP contribution < -0.4 is 10.5 Å². The molecule has 21 heavy (non-hydrogen) atoms. The first-order chi connectivity index (χ1) is 10.3. The topological polar surface area (TPSA) is 48.1 Å². The van der Waals surface area contributed by atoms with Gasteiger partial charge in [-0.2, -0.15) is 0 Å². The van der Waals surface area contributed by atoms with Crippen LogP contribution in [0.3, 0.4) is 0 Å². The highest BCUT2D eigenvalue weighted by atomic mass is 19.1. The molecule has 0 fully saturated rings. The lowest BCUT2D eigenvalue weighted by Gasteiger charge is -2.10. The van der Waals surface area contributed by atoms with Crippen molar-refractivity contribution >= 4 is 10.9 Å². The zero-order valence-corrected chi connectivity index (χ0v) is 11.4. The molecule has 0 radical (unpaired) electrons. The molecule has 0 aliphatic heterocycles. The van der Waals surface area contributed by atoms with E-state index < -0.39 is 0 Å². The molecule has 0 amide bonds. The zero-order valence-electron chi connectivity index (χ0n) is 11.4. The predicted molar refractivity (Wildman–Crippen MR) is 80.4 cm³/mol. The fourth-order valence-corrected chi connectivity index (χ4v) is 2.19. The molecule has 0 spiro atoms. The van der Waals surface area contributed by atoms with E-state index in [1.165, 1.54) is 6.07 Å². The van der Waals surface area contributed by atoms with Crippen LogP contribution in [-0.4, -0.2) is 4.98 Å². The van der Waals surface area contributed by atoms with Crippen LogP contribution in [0.2, 0.25) is 0 Å². The Balaban J connectivity index is 1.84. The van der Waals surface area contributed by atoms with Crippen molar-refractivity contribution in [1.82, 2.24) is 4.98 Å². The van der Waals surface area contributed by atoms with Gasteiger partial charge in [0, 0.05) is 23.7 Å². The third-order valence-electron chi connectivity index (χ3n) is 3.34. The van der Waals surface area contributed by atoms with Gasteiger partial charge in [0.1, 0.15) is 18.2 Å². The van der Waals surface area contributed by atoms with Gasteiger partial charge < -0.3 is 10.5 Å². The third-order valence-corrected chi connectivity index (χ3v) is 3.34. The fraction of sp³-hybridized carbons (Fsp3) is 0.118. The fourth-order valence-electron chi connectivity index (χ4n) is 2.19. The molecule has 2 N–H and O–H groups in total. The number of fused-ring (bicyclic) bond motifs is 1. The van der Waals surface area contributed by atoms with Gasteiger partial charge in [-0.05, 0) is 35.9 Å². The Labute approximate surface area is 122 Å². The smallest absolute Gasteiger partial charge is 0.130 e. The minimum absolute atomic E-state index is 0.171. The summed E-state index contributed by atoms with van der Waals surface area (Å²) in [4.78, 5) is 4.27. The van der Waals surface area contributed by atoms with E-state index in [1.54, 1.807) is 12.3 Å². The van der Waals surface area contributed by atoms with E-state index in [2.05, 4.69) is 4.98 Å². The summed E-state index contributed by atoms with van der Waals surface area (Å²) in [5.74, 6) is 0.402. The van der Waals surface area contributed by atoms with Gasteiger partial charge in [-0.3, -0.25) is 4.98 Å². The number of aromatic nitrogens is 1. The summed E-state index contributed by atoms with van der Waals surface area (Å²) in [7, 11) is 0. The van der Waals surface area contributed by atoms with E-state index in [-0.39, 0.29) is 12.4 Å². The highest BCUT2D eigenvalue weighted by molar-refractivity contribution is 5.84. The molecule has 3 aromatic rings. The molecule has 3 rings (SSSR count). The van der Waals surface area contributed by atoms with Gasteiger partial charge in [0.15, 0.2) is 0 Å². The summed E-state index contributed by atoms with van der Waals surface area (Å²) in [6, 6.07) is 14.4. The lowest BCUT2D eigenvalue weighted by molar-refractivity contribution is 0.303. The van der Waals surface area contributed by atoms with Crippen molar-refractivity contribution in [1.29, 1.82) is 0 Å². The van der Waals surface area contributed by atoms with Crippen molar-refractivity contribution in [2.24, 2.45) is 5.73 Å². The highest BCUT2D eigenvalue weighted by Gasteiger charge is 2.06. The molecule has 1 aromatic heterocycles. The van der Waals surface area contributed by atoms with E-state index in [0.29, 0.717) is 17.9 Å². The van der Waals surface area contributed by atoms with Crippen molar-refractivity contribution in [3.63, 3.8) is 0 Å². The van der Waals surface area contributed by atoms with Crippen LogP contribution in [0.4, 0.5) is 4.39 Å². The number of nitrogens with two attached hydrogens (primary N) is 1. The molecule has 1 heterocycles. The summed E-state index contributed by atoms with van der Waals surface area (Å²) >= 11 is 0. The maximum Gasteiger partial charge on any atom is 0.130 e. The third kappa shape index (κ3) is 2.85. The van der Waals surface area contributed by atoms with Gasteiger partial charge >= 0.3 is 0 Å². The maximum absolute atomic E-state index is 13.9. The molecule has 3 nitrogen and oxygen atoms in total. The van der Waals surface area contributed by atoms with Gasteiger partial charge in [-0.25, -0.2) is 4.39 Å². The summed E-state index contributed by atoms with van der Waals surface area (Å²) in [6.07, 6.45) is 1.73. The van der Waals surface area contributed by atoms with Crippen molar-refractivity contribution in [2.75, 3.05) is 0 Å². The predicted octanol–water partition coefficient (Wildman–Crippen LogP) is 3.41. The van der Waals surface area contributed by atoms with E-state index in [4.69, 9.17) is 10.5 Å². The number of halogens is 1. The summed E-state index contributed by atoms with van der Waals surface area (Å²) in [6.45, 7) is 0.498. The van der Waals surface area contributed by atoms with Gasteiger partial charge in [0.2, 0.25) is 0 Å². The van der Waals surface area contributed by atoms with E-state index in [0.717, 1.165) is 16.5 Å². The summed E-state index contributed by atoms with van der Waals surface area (Å²) in [5.41, 5.74) is 7.62. The minimum Gasteiger partial charge on any atom is -0.488 e. The second kappa shape index (κ2) is 5.89. The molecule has 0 unspecified atom stereocenters. The minimum atomic E-state index is -0.295. The van der Waals surface area contributed by atoms with Crippen molar-refractivity contribution < 1.29 is 9.13 Å². The number of rotatable bonds is 4. The van der Waals surface area contributed by atoms with Crippen molar-refractivity contribution in [3.05, 3.63) is 71.7 Å². The van der Waals surface area contributed by atoms with Gasteiger partial charge in [-0.15, -0.1) is 0 Å². The summed E-state index contributed by atoms with van der Waals surface area (Å²) < 4.78 is 19.7. The molecule has 4 heteroatoms. The molecular weight excluding hydrogens is 267 g/mol. The van der Waals surface area contributed by atoms with Crippen LogP contribution in [0.5, 0.6) is 5.75 Å². The normalized spacial score (nSPS) is 10.8. The molecule has 0 aliphatic carbocycles. The largest absolute Gasteiger partial charge is 0.488 e. The average Bonchev–Trinajstić information content (AvgIpc) is 2.53. The number of ether oxygens (including phenoxy) is 1. The molecule has 2 aromatic carbocycles. The number of pyridine rings is 1. The SMILES string of the molecule is NCc1ccc(COc2cccc3ncccc23)c(F)c1. The number of hydrogen-bond donors (Lipinski definition) is 1. The number of nitrogens with zero attached hydrogens (tertiary/aromatic N) is 1. The second-order valence-electron chi connectivity index (χ2n) is 4.74. The van der Waals surface area contributed by atoms with Crippen LogP contribution in [0.15, 0.2) is 54.7 Å². The number of benzene rings is 2. The van der Waals surface area contributed by atoms with E-state index in [9.17, 15) is 4.39 Å². The Morgan fingerprint density at radius 3 is 2.81 bits per heavy atom.